The largest absolute Gasteiger partial charge is 0.402 e. The molecule has 0 spiro atoms. The molecule has 2 unspecified atom stereocenters. The number of aliphatic hydroxyl groups excluding tert-OH is 1. The third kappa shape index (κ3) is 6.03. The van der Waals surface area contributed by atoms with Crippen LogP contribution >= 0.6 is 0 Å². The predicted molar refractivity (Wildman–Crippen MR) is 172 cm³/mol. The minimum Gasteiger partial charge on any atom is -0.402 e. The molecule has 0 amide bonds. The van der Waals surface area contributed by atoms with E-state index >= 15 is 0 Å². The Hall–Kier alpha value is -2.51. The van der Waals surface area contributed by atoms with Gasteiger partial charge in [-0.1, -0.05) is 125 Å². The van der Waals surface area contributed by atoms with Crippen molar-refractivity contribution in [2.45, 2.75) is 88.7 Å². The normalized spacial score (nSPS) is 20.1. The Morgan fingerprint density at radius 3 is 1.78 bits per heavy atom. The zero-order chi connectivity index (χ0) is 30.1. The Kier molecular flexibility index (Phi) is 9.20. The van der Waals surface area contributed by atoms with E-state index in [1.165, 1.54) is 0 Å². The molecular weight excluding hydrogens is 545 g/mol. The van der Waals surface area contributed by atoms with Gasteiger partial charge in [-0.15, -0.1) is 0 Å². The summed E-state index contributed by atoms with van der Waals surface area (Å²) in [6.45, 7) is 14.7. The van der Waals surface area contributed by atoms with Crippen LogP contribution in [0.15, 0.2) is 108 Å². The van der Waals surface area contributed by atoms with E-state index in [2.05, 4.69) is 65.0 Å². The molecule has 4 atom stereocenters. The van der Waals surface area contributed by atoms with Gasteiger partial charge in [-0.05, 0) is 59.6 Å². The van der Waals surface area contributed by atoms with Gasteiger partial charge < -0.3 is 9.53 Å². The van der Waals surface area contributed by atoms with Gasteiger partial charge in [-0.25, -0.2) is 8.42 Å². The zero-order valence-electron chi connectivity index (χ0n) is 25.5. The first-order valence-electron chi connectivity index (χ1n) is 14.7. The smallest absolute Gasteiger partial charge is 0.261 e. The Morgan fingerprint density at radius 1 is 0.878 bits per heavy atom. The number of allylic oxidation sites excluding steroid dienone is 2. The second-order valence-corrected chi connectivity index (χ2v) is 19.6. The molecular formula is C35H46O4SSi. The summed E-state index contributed by atoms with van der Waals surface area (Å²) >= 11 is 0. The number of aliphatic hydroxyl groups is 1. The molecule has 3 aromatic carbocycles. The summed E-state index contributed by atoms with van der Waals surface area (Å²) < 4.78 is 36.2. The van der Waals surface area contributed by atoms with Crippen LogP contribution in [-0.2, 0) is 14.3 Å². The molecule has 0 saturated carbocycles. The molecule has 6 heteroatoms. The Bertz CT molecular complexity index is 1390. The topological polar surface area (TPSA) is 63.6 Å². The average molecular weight is 591 g/mol. The number of hydrogen-bond acceptors (Lipinski definition) is 4. The molecule has 0 fully saturated rings. The van der Waals surface area contributed by atoms with E-state index in [0.717, 1.165) is 28.8 Å². The SMILES string of the molecule is CC1=CCCC(C)(C)[C@@H]1C(C(O)[C@H](C)O[Si](c1ccccc1)(c1ccccc1)C(C)(C)C)S(=O)(=O)c1ccccc1. The van der Waals surface area contributed by atoms with Gasteiger partial charge >= 0.3 is 0 Å². The van der Waals surface area contributed by atoms with Crippen molar-refractivity contribution in [2.24, 2.45) is 11.3 Å². The average Bonchev–Trinajstić information content (AvgIpc) is 2.93. The van der Waals surface area contributed by atoms with E-state index in [4.69, 9.17) is 4.43 Å². The molecule has 1 aliphatic carbocycles. The van der Waals surface area contributed by atoms with Crippen LogP contribution in [0.3, 0.4) is 0 Å². The lowest BCUT2D eigenvalue weighted by Gasteiger charge is -2.48. The third-order valence-corrected chi connectivity index (χ3v) is 16.3. The molecule has 0 radical (unpaired) electrons. The fraction of sp³-hybridized carbons (Fsp3) is 0.429. The van der Waals surface area contributed by atoms with Crippen LogP contribution in [0.2, 0.25) is 5.04 Å². The van der Waals surface area contributed by atoms with Crippen molar-refractivity contribution in [3.63, 3.8) is 0 Å². The summed E-state index contributed by atoms with van der Waals surface area (Å²) in [5.41, 5.74) is 0.700. The van der Waals surface area contributed by atoms with Gasteiger partial charge in [0, 0.05) is 5.92 Å². The summed E-state index contributed by atoms with van der Waals surface area (Å²) in [5, 5.41) is 13.1. The predicted octanol–water partition coefficient (Wildman–Crippen LogP) is 6.54. The van der Waals surface area contributed by atoms with Crippen molar-refractivity contribution in [3.05, 3.63) is 103 Å². The van der Waals surface area contributed by atoms with Crippen LogP contribution in [0.4, 0.5) is 0 Å². The van der Waals surface area contributed by atoms with E-state index in [-0.39, 0.29) is 21.3 Å². The minimum absolute atomic E-state index is 0.232. The highest BCUT2D eigenvalue weighted by molar-refractivity contribution is 7.92. The van der Waals surface area contributed by atoms with Crippen molar-refractivity contribution in [1.29, 1.82) is 0 Å². The van der Waals surface area contributed by atoms with Crippen LogP contribution in [0.1, 0.15) is 61.3 Å². The van der Waals surface area contributed by atoms with Crippen molar-refractivity contribution in [2.75, 3.05) is 0 Å². The minimum atomic E-state index is -3.92. The van der Waals surface area contributed by atoms with Crippen molar-refractivity contribution >= 4 is 28.5 Å². The zero-order valence-corrected chi connectivity index (χ0v) is 27.4. The molecule has 3 aromatic rings. The molecule has 1 N–H and O–H groups in total. The summed E-state index contributed by atoms with van der Waals surface area (Å²) in [7, 11) is -6.96. The van der Waals surface area contributed by atoms with Crippen molar-refractivity contribution in [1.82, 2.24) is 0 Å². The van der Waals surface area contributed by atoms with Gasteiger partial charge in [0.25, 0.3) is 8.32 Å². The monoisotopic (exact) mass is 590 g/mol. The van der Waals surface area contributed by atoms with E-state index in [1.807, 2.05) is 56.3 Å². The van der Waals surface area contributed by atoms with E-state index in [1.54, 1.807) is 24.3 Å². The summed E-state index contributed by atoms with van der Waals surface area (Å²) in [6.07, 6.45) is 1.89. The molecule has 0 saturated heterocycles. The quantitative estimate of drug-likeness (QED) is 0.227. The highest BCUT2D eigenvalue weighted by Crippen LogP contribution is 2.47. The maximum atomic E-state index is 14.5. The van der Waals surface area contributed by atoms with Crippen molar-refractivity contribution < 1.29 is 18.0 Å². The fourth-order valence-electron chi connectivity index (χ4n) is 6.91. The summed E-state index contributed by atoms with van der Waals surface area (Å²) in [4.78, 5) is 0.232. The second-order valence-electron chi connectivity index (χ2n) is 13.3. The standard InChI is InChI=1S/C35H46O4SSi/c1-26-18-17-25-35(6,7)31(26)33(40(37,38)28-19-11-8-12-20-28)32(36)27(2)39-41(34(3,4)5,29-21-13-9-14-22-29)30-23-15-10-16-24-30/h8-16,18-24,27,31-33,36H,17,25H2,1-7H3/t27-,31-,32?,33?/m0/s1. The van der Waals surface area contributed by atoms with E-state index < -0.39 is 35.6 Å². The molecule has 0 heterocycles. The number of sulfone groups is 1. The lowest BCUT2D eigenvalue weighted by molar-refractivity contribution is 0.0160. The van der Waals surface area contributed by atoms with Gasteiger partial charge in [0.15, 0.2) is 9.84 Å². The summed E-state index contributed by atoms with van der Waals surface area (Å²) in [6, 6.07) is 29.1. The van der Waals surface area contributed by atoms with Crippen molar-refractivity contribution in [3.8, 4) is 0 Å². The number of hydrogen-bond donors (Lipinski definition) is 1. The van der Waals surface area contributed by atoms with Crippen LogP contribution in [0.25, 0.3) is 0 Å². The Balaban J connectivity index is 1.89. The van der Waals surface area contributed by atoms with Gasteiger partial charge in [-0.3, -0.25) is 0 Å². The number of benzene rings is 3. The lowest BCUT2D eigenvalue weighted by Crippen LogP contribution is -2.69. The Labute approximate surface area is 248 Å². The first-order valence-corrected chi connectivity index (χ1v) is 18.1. The fourth-order valence-corrected chi connectivity index (χ4v) is 14.0. The molecule has 4 rings (SSSR count). The molecule has 220 valence electrons. The summed E-state index contributed by atoms with van der Waals surface area (Å²) in [5.74, 6) is -0.360. The van der Waals surface area contributed by atoms with Crippen LogP contribution in [0.5, 0.6) is 0 Å². The molecule has 0 aromatic heterocycles. The first-order chi connectivity index (χ1) is 19.2. The van der Waals surface area contributed by atoms with Crippen LogP contribution in [-0.4, -0.2) is 39.3 Å². The van der Waals surface area contributed by atoms with Gasteiger partial charge in [0.1, 0.15) is 5.25 Å². The van der Waals surface area contributed by atoms with Gasteiger partial charge in [0.2, 0.25) is 0 Å². The van der Waals surface area contributed by atoms with E-state index in [9.17, 15) is 13.5 Å². The maximum absolute atomic E-state index is 14.5. The van der Waals surface area contributed by atoms with Gasteiger partial charge in [-0.2, -0.15) is 0 Å². The molecule has 4 nitrogen and oxygen atoms in total. The molecule has 0 bridgehead atoms. The van der Waals surface area contributed by atoms with E-state index in [0.29, 0.717) is 0 Å². The molecule has 1 aliphatic rings. The third-order valence-electron chi connectivity index (χ3n) is 8.94. The molecule has 0 aliphatic heterocycles. The van der Waals surface area contributed by atoms with Gasteiger partial charge in [0.05, 0.1) is 17.1 Å². The second kappa shape index (κ2) is 12.0. The highest BCUT2D eigenvalue weighted by atomic mass is 32.2. The first kappa shape index (κ1) is 31.4. The number of rotatable bonds is 9. The van der Waals surface area contributed by atoms with Crippen LogP contribution in [0, 0.1) is 11.3 Å². The van der Waals surface area contributed by atoms with Crippen LogP contribution < -0.4 is 10.4 Å². The Morgan fingerprint density at radius 2 is 1.34 bits per heavy atom. The highest BCUT2D eigenvalue weighted by Gasteiger charge is 2.54. The molecule has 41 heavy (non-hydrogen) atoms. The lowest BCUT2D eigenvalue weighted by atomic mass is 9.66. The maximum Gasteiger partial charge on any atom is 0.261 e.